The minimum atomic E-state index is 0.624. The molecular weight excluding hydrogens is 328 g/mol. The van der Waals surface area contributed by atoms with Crippen LogP contribution in [0, 0.1) is 0 Å². The van der Waals surface area contributed by atoms with Crippen molar-refractivity contribution in [2.24, 2.45) is 4.99 Å². The molecule has 1 heterocycles. The van der Waals surface area contributed by atoms with E-state index in [1.165, 1.54) is 15.6 Å². The van der Waals surface area contributed by atoms with Crippen LogP contribution in [0.2, 0.25) is 0 Å². The Kier molecular flexibility index (Phi) is 5.96. The van der Waals surface area contributed by atoms with E-state index in [0.29, 0.717) is 6.61 Å². The fourth-order valence-corrected chi connectivity index (χ4v) is 3.79. The van der Waals surface area contributed by atoms with Crippen molar-refractivity contribution in [3.05, 3.63) is 77.5 Å². The Hall–Kier alpha value is -2.46. The van der Waals surface area contributed by atoms with Gasteiger partial charge in [0.05, 0.1) is 23.0 Å². The normalized spacial score (nSPS) is 15.8. The molecule has 1 aliphatic rings. The molecule has 1 aliphatic heterocycles. The van der Waals surface area contributed by atoms with E-state index in [4.69, 9.17) is 4.74 Å². The van der Waals surface area contributed by atoms with Crippen LogP contribution in [0.25, 0.3) is 0 Å². The highest BCUT2D eigenvalue weighted by Gasteiger charge is 2.23. The molecule has 25 heavy (non-hydrogen) atoms. The topological polar surface area (TPSA) is 24.8 Å². The summed E-state index contributed by atoms with van der Waals surface area (Å²) in [5.74, 6) is 0.816. The van der Waals surface area contributed by atoms with E-state index in [2.05, 4.69) is 47.2 Å². The van der Waals surface area contributed by atoms with Gasteiger partial charge in [0.15, 0.2) is 0 Å². The van der Waals surface area contributed by atoms with Crippen molar-refractivity contribution in [2.45, 2.75) is 18.7 Å². The van der Waals surface area contributed by atoms with Crippen LogP contribution in [0.15, 0.2) is 87.4 Å². The van der Waals surface area contributed by atoms with Gasteiger partial charge in [-0.25, -0.2) is 0 Å². The molecule has 0 aromatic heterocycles. The molecule has 0 unspecified atom stereocenters. The van der Waals surface area contributed by atoms with Crippen LogP contribution < -0.4 is 4.90 Å². The maximum atomic E-state index is 5.79. The molecular formula is C21H22N2OS. The molecule has 0 fully saturated rings. The molecule has 2 aromatic rings. The molecule has 128 valence electrons. The number of rotatable bonds is 6. The maximum absolute atomic E-state index is 5.79. The molecule has 3 nitrogen and oxygen atoms in total. The van der Waals surface area contributed by atoms with E-state index in [1.54, 1.807) is 18.0 Å². The number of fused-ring (bicyclic) bond motifs is 1. The predicted octanol–water partition coefficient (Wildman–Crippen LogP) is 5.78. The van der Waals surface area contributed by atoms with Crippen molar-refractivity contribution in [3.63, 3.8) is 0 Å². The molecule has 0 saturated heterocycles. The zero-order valence-electron chi connectivity index (χ0n) is 14.6. The van der Waals surface area contributed by atoms with E-state index in [-0.39, 0.29) is 0 Å². The summed E-state index contributed by atoms with van der Waals surface area (Å²) >= 11 is 1.77. The van der Waals surface area contributed by atoms with Crippen molar-refractivity contribution < 1.29 is 4.74 Å². The standard InChI is InChI=1S/C21H22N2OS/c1-3-23-19-12-8-9-13-20(19)25-21(23)16-18(24-4-2)14-15-22-17-10-6-5-7-11-17/h5-16H,3-4H2,1-2H3/b18-14+,21-16-,22-15?. The first-order valence-corrected chi connectivity index (χ1v) is 9.31. The van der Waals surface area contributed by atoms with Gasteiger partial charge in [-0.1, -0.05) is 42.1 Å². The van der Waals surface area contributed by atoms with Gasteiger partial charge in [0.1, 0.15) is 5.76 Å². The summed E-state index contributed by atoms with van der Waals surface area (Å²) in [4.78, 5) is 8.04. The van der Waals surface area contributed by atoms with E-state index >= 15 is 0 Å². The summed E-state index contributed by atoms with van der Waals surface area (Å²) in [6, 6.07) is 18.4. The minimum absolute atomic E-state index is 0.624. The van der Waals surface area contributed by atoms with Crippen LogP contribution in [0.5, 0.6) is 0 Å². The minimum Gasteiger partial charge on any atom is -0.494 e. The molecule has 0 bridgehead atoms. The van der Waals surface area contributed by atoms with Gasteiger partial charge in [-0.3, -0.25) is 4.99 Å². The van der Waals surface area contributed by atoms with Gasteiger partial charge in [0.25, 0.3) is 0 Å². The van der Waals surface area contributed by atoms with Crippen LogP contribution >= 0.6 is 11.8 Å². The van der Waals surface area contributed by atoms with Gasteiger partial charge < -0.3 is 9.64 Å². The summed E-state index contributed by atoms with van der Waals surface area (Å²) in [5.41, 5.74) is 2.19. The quantitative estimate of drug-likeness (QED) is 0.487. The van der Waals surface area contributed by atoms with Crippen molar-refractivity contribution in [1.82, 2.24) is 0 Å². The van der Waals surface area contributed by atoms with Crippen molar-refractivity contribution in [3.8, 4) is 0 Å². The Morgan fingerprint density at radius 2 is 1.84 bits per heavy atom. The summed E-state index contributed by atoms with van der Waals surface area (Å²) in [6.07, 6.45) is 5.80. The lowest BCUT2D eigenvalue weighted by molar-refractivity contribution is 0.243. The van der Waals surface area contributed by atoms with Gasteiger partial charge in [0.2, 0.25) is 0 Å². The molecule has 0 N–H and O–H groups in total. The smallest absolute Gasteiger partial charge is 0.123 e. The summed E-state index contributed by atoms with van der Waals surface area (Å²) in [6.45, 7) is 5.71. The monoisotopic (exact) mass is 350 g/mol. The molecule has 2 aromatic carbocycles. The number of benzene rings is 2. The molecule has 3 rings (SSSR count). The Morgan fingerprint density at radius 1 is 1.08 bits per heavy atom. The Balaban J connectivity index is 1.82. The highest BCUT2D eigenvalue weighted by atomic mass is 32.2. The van der Waals surface area contributed by atoms with Crippen LogP contribution in [-0.2, 0) is 4.74 Å². The number of hydrogen-bond acceptors (Lipinski definition) is 4. The van der Waals surface area contributed by atoms with E-state index in [0.717, 1.165) is 18.0 Å². The van der Waals surface area contributed by atoms with Gasteiger partial charge >= 0.3 is 0 Å². The first-order valence-electron chi connectivity index (χ1n) is 8.50. The average Bonchev–Trinajstić information content (AvgIpc) is 2.99. The SMILES string of the molecule is CCOC(/C=C1\Sc2ccccc2N1CC)=C/C=Nc1ccccc1. The summed E-state index contributed by atoms with van der Waals surface area (Å²) in [7, 11) is 0. The lowest BCUT2D eigenvalue weighted by Crippen LogP contribution is -2.16. The number of ether oxygens (including phenoxy) is 1. The number of anilines is 1. The zero-order chi connectivity index (χ0) is 17.5. The lowest BCUT2D eigenvalue weighted by Gasteiger charge is -2.18. The number of thioether (sulfide) groups is 1. The molecule has 0 amide bonds. The number of aliphatic imine (C=N–C) groups is 1. The third-order valence-corrected chi connectivity index (χ3v) is 4.86. The number of hydrogen-bond donors (Lipinski definition) is 0. The molecule has 4 heteroatoms. The third kappa shape index (κ3) is 4.34. The highest BCUT2D eigenvalue weighted by Crippen LogP contribution is 2.45. The van der Waals surface area contributed by atoms with E-state index in [9.17, 15) is 0 Å². The molecule has 0 aliphatic carbocycles. The average molecular weight is 350 g/mol. The van der Waals surface area contributed by atoms with Gasteiger partial charge in [0, 0.05) is 23.7 Å². The van der Waals surface area contributed by atoms with Crippen molar-refractivity contribution >= 4 is 29.4 Å². The second-order valence-electron chi connectivity index (χ2n) is 5.41. The summed E-state index contributed by atoms with van der Waals surface area (Å²) in [5, 5.41) is 1.18. The first kappa shape index (κ1) is 17.4. The molecule has 0 saturated carbocycles. The van der Waals surface area contributed by atoms with Crippen LogP contribution in [0.4, 0.5) is 11.4 Å². The fraction of sp³-hybridized carbons (Fsp3) is 0.190. The number of para-hydroxylation sites is 2. The van der Waals surface area contributed by atoms with Crippen molar-refractivity contribution in [2.75, 3.05) is 18.1 Å². The van der Waals surface area contributed by atoms with E-state index < -0.39 is 0 Å². The Labute approximate surface area is 153 Å². The van der Waals surface area contributed by atoms with Crippen molar-refractivity contribution in [1.29, 1.82) is 0 Å². The molecule has 0 spiro atoms. The third-order valence-electron chi connectivity index (χ3n) is 3.75. The van der Waals surface area contributed by atoms with Gasteiger partial charge in [-0.15, -0.1) is 0 Å². The van der Waals surface area contributed by atoms with Crippen LogP contribution in [-0.4, -0.2) is 19.4 Å². The van der Waals surface area contributed by atoms with Crippen LogP contribution in [0.3, 0.4) is 0 Å². The Morgan fingerprint density at radius 3 is 2.60 bits per heavy atom. The fourth-order valence-electron chi connectivity index (χ4n) is 2.62. The highest BCUT2D eigenvalue weighted by molar-refractivity contribution is 8.03. The zero-order valence-corrected chi connectivity index (χ0v) is 15.4. The second kappa shape index (κ2) is 8.58. The predicted molar refractivity (Wildman–Crippen MR) is 108 cm³/mol. The second-order valence-corrected chi connectivity index (χ2v) is 6.47. The maximum Gasteiger partial charge on any atom is 0.123 e. The molecule has 0 atom stereocenters. The first-order chi connectivity index (χ1) is 12.3. The summed E-state index contributed by atoms with van der Waals surface area (Å²) < 4.78 is 5.79. The lowest BCUT2D eigenvalue weighted by atomic mass is 10.3. The number of allylic oxidation sites excluding steroid dienone is 2. The number of nitrogens with zero attached hydrogens (tertiary/aromatic N) is 2. The van der Waals surface area contributed by atoms with Gasteiger partial charge in [-0.2, -0.15) is 0 Å². The van der Waals surface area contributed by atoms with Crippen LogP contribution in [0.1, 0.15) is 13.8 Å². The van der Waals surface area contributed by atoms with Gasteiger partial charge in [-0.05, 0) is 44.2 Å². The largest absolute Gasteiger partial charge is 0.494 e. The Bertz CT molecular complexity index is 797. The molecule has 0 radical (unpaired) electrons. The van der Waals surface area contributed by atoms with E-state index in [1.807, 2.05) is 43.3 Å².